The summed E-state index contributed by atoms with van der Waals surface area (Å²) in [6, 6.07) is 10.6. The molecule has 0 radical (unpaired) electrons. The minimum atomic E-state index is -0.971. The maximum absolute atomic E-state index is 3.44. The van der Waals surface area contributed by atoms with Crippen LogP contribution in [0.4, 0.5) is 0 Å². The zero-order valence-corrected chi connectivity index (χ0v) is 13.1. The zero-order chi connectivity index (χ0) is 14.0. The third-order valence-corrected chi connectivity index (χ3v) is 4.92. The van der Waals surface area contributed by atoms with Gasteiger partial charge < -0.3 is 0 Å². The highest BCUT2D eigenvalue weighted by Crippen LogP contribution is 2.47. The first-order chi connectivity index (χ1) is 9.17. The predicted molar refractivity (Wildman–Crippen MR) is 88.5 cm³/mol. The van der Waals surface area contributed by atoms with Gasteiger partial charge in [-0.2, -0.15) is 10.0 Å². The lowest BCUT2D eigenvalue weighted by Gasteiger charge is -2.24. The van der Waals surface area contributed by atoms with Crippen LogP contribution in [0.3, 0.4) is 0 Å². The predicted octanol–water partition coefficient (Wildman–Crippen LogP) is 5.04. The van der Waals surface area contributed by atoms with Crippen molar-refractivity contribution < 1.29 is 0 Å². The largest absolute Gasteiger partial charge is 0.156 e. The second-order valence-corrected chi connectivity index (χ2v) is 8.20. The number of unbranched alkanes of at least 4 members (excludes halogenated alkanes) is 3. The van der Waals surface area contributed by atoms with Crippen LogP contribution in [0.15, 0.2) is 35.2 Å². The van der Waals surface area contributed by atoms with Crippen LogP contribution in [0, 0.1) is 23.0 Å². The Kier molecular flexibility index (Phi) is 7.24. The maximum Gasteiger partial charge on any atom is 0.0207 e. The molecule has 0 aliphatic heterocycles. The van der Waals surface area contributed by atoms with Crippen molar-refractivity contribution in [1.29, 1.82) is 0 Å². The van der Waals surface area contributed by atoms with Gasteiger partial charge >= 0.3 is 0 Å². The minimum absolute atomic E-state index is 0.891. The van der Waals surface area contributed by atoms with E-state index in [0.717, 1.165) is 19.3 Å². The smallest absolute Gasteiger partial charge is 0.0207 e. The molecule has 0 N–H and O–H groups in total. The Balaban J connectivity index is 2.42. The lowest BCUT2D eigenvalue weighted by molar-refractivity contribution is 0.827. The fourth-order valence-electron chi connectivity index (χ4n) is 1.62. The second kappa shape index (κ2) is 8.73. The van der Waals surface area contributed by atoms with Gasteiger partial charge in [-0.25, -0.2) is 0 Å². The SMILES string of the molecule is CCCCC#CCCC#CS(C)(C)c1ccccc1. The van der Waals surface area contributed by atoms with E-state index in [1.54, 1.807) is 0 Å². The lowest BCUT2D eigenvalue weighted by Crippen LogP contribution is -1.91. The molecule has 0 amide bonds. The van der Waals surface area contributed by atoms with Crippen LogP contribution >= 0.6 is 10.0 Å². The van der Waals surface area contributed by atoms with E-state index < -0.39 is 10.0 Å². The second-order valence-electron chi connectivity index (χ2n) is 4.88. The van der Waals surface area contributed by atoms with E-state index in [1.165, 1.54) is 17.7 Å². The van der Waals surface area contributed by atoms with Crippen molar-refractivity contribution >= 4 is 10.0 Å². The van der Waals surface area contributed by atoms with Gasteiger partial charge in [0, 0.05) is 24.2 Å². The van der Waals surface area contributed by atoms with Gasteiger partial charge in [0.05, 0.1) is 0 Å². The number of rotatable bonds is 4. The topological polar surface area (TPSA) is 0 Å². The van der Waals surface area contributed by atoms with E-state index in [9.17, 15) is 0 Å². The summed E-state index contributed by atoms with van der Waals surface area (Å²) in [4.78, 5) is 1.36. The van der Waals surface area contributed by atoms with Crippen molar-refractivity contribution in [2.45, 2.75) is 43.9 Å². The summed E-state index contributed by atoms with van der Waals surface area (Å²) in [5, 5.41) is 3.44. The fourth-order valence-corrected chi connectivity index (χ4v) is 3.04. The third kappa shape index (κ3) is 6.42. The Morgan fingerprint density at radius 1 is 0.895 bits per heavy atom. The average molecular weight is 272 g/mol. The summed E-state index contributed by atoms with van der Waals surface area (Å²) < 4.78 is 0. The fraction of sp³-hybridized carbons (Fsp3) is 0.444. The molecule has 0 saturated heterocycles. The van der Waals surface area contributed by atoms with E-state index in [1.807, 2.05) is 0 Å². The molecule has 0 unspecified atom stereocenters. The summed E-state index contributed by atoms with van der Waals surface area (Å²) >= 11 is 0. The molecule has 19 heavy (non-hydrogen) atoms. The maximum atomic E-state index is 3.44. The van der Waals surface area contributed by atoms with Gasteiger partial charge in [-0.1, -0.05) is 42.7 Å². The van der Waals surface area contributed by atoms with E-state index >= 15 is 0 Å². The Hall–Kier alpha value is -1.31. The molecule has 0 aliphatic rings. The molecule has 1 aromatic carbocycles. The molecule has 1 aromatic rings. The quantitative estimate of drug-likeness (QED) is 0.532. The third-order valence-electron chi connectivity index (χ3n) is 2.82. The molecule has 0 spiro atoms. The first-order valence-electron chi connectivity index (χ1n) is 6.90. The van der Waals surface area contributed by atoms with Crippen molar-refractivity contribution in [3.05, 3.63) is 30.3 Å². The molecule has 0 atom stereocenters. The molecule has 0 aromatic heterocycles. The number of benzene rings is 1. The lowest BCUT2D eigenvalue weighted by atomic mass is 10.2. The van der Waals surface area contributed by atoms with Crippen LogP contribution in [0.2, 0.25) is 0 Å². The van der Waals surface area contributed by atoms with Gasteiger partial charge in [0.25, 0.3) is 0 Å². The van der Waals surface area contributed by atoms with Crippen LogP contribution in [-0.2, 0) is 0 Å². The molecule has 0 aliphatic carbocycles. The molecule has 0 nitrogen and oxygen atoms in total. The van der Waals surface area contributed by atoms with Gasteiger partial charge in [-0.15, -0.1) is 11.8 Å². The standard InChI is InChI=1S/C18H24S/c1-4-5-6-7-8-9-10-14-17-19(2,3)18-15-12-11-13-16-18/h11-13,15-16H,4-6,9-10H2,1-3H3. The summed E-state index contributed by atoms with van der Waals surface area (Å²) in [5.74, 6) is 9.71. The van der Waals surface area contributed by atoms with Crippen LogP contribution in [0.1, 0.15) is 39.0 Å². The number of hydrogen-bond acceptors (Lipinski definition) is 0. The molecule has 0 saturated carbocycles. The summed E-state index contributed by atoms with van der Waals surface area (Å²) in [6.07, 6.45) is 9.77. The van der Waals surface area contributed by atoms with Gasteiger partial charge in [-0.3, -0.25) is 0 Å². The molecule has 0 fully saturated rings. The summed E-state index contributed by atoms with van der Waals surface area (Å²) in [7, 11) is -0.971. The normalized spacial score (nSPS) is 10.9. The van der Waals surface area contributed by atoms with Gasteiger partial charge in [-0.05, 0) is 31.1 Å². The molecule has 0 bridgehead atoms. The first-order valence-corrected chi connectivity index (χ1v) is 9.35. The van der Waals surface area contributed by atoms with Crippen LogP contribution < -0.4 is 0 Å². The van der Waals surface area contributed by atoms with E-state index in [2.05, 4.69) is 72.8 Å². The van der Waals surface area contributed by atoms with Crippen LogP contribution in [0.5, 0.6) is 0 Å². The van der Waals surface area contributed by atoms with Crippen LogP contribution in [-0.4, -0.2) is 12.5 Å². The highest BCUT2D eigenvalue weighted by Gasteiger charge is 2.09. The Morgan fingerprint density at radius 3 is 2.21 bits per heavy atom. The molecule has 1 heteroatoms. The van der Waals surface area contributed by atoms with Gasteiger partial charge in [0.2, 0.25) is 0 Å². The Labute approximate surface area is 120 Å². The van der Waals surface area contributed by atoms with Gasteiger partial charge in [0.1, 0.15) is 0 Å². The van der Waals surface area contributed by atoms with E-state index in [-0.39, 0.29) is 0 Å². The zero-order valence-electron chi connectivity index (χ0n) is 12.3. The van der Waals surface area contributed by atoms with Crippen molar-refractivity contribution in [3.63, 3.8) is 0 Å². The highest BCUT2D eigenvalue weighted by atomic mass is 32.3. The minimum Gasteiger partial charge on any atom is -0.156 e. The summed E-state index contributed by atoms with van der Waals surface area (Å²) in [5.41, 5.74) is 0. The highest BCUT2D eigenvalue weighted by molar-refractivity contribution is 8.36. The van der Waals surface area contributed by atoms with Crippen molar-refractivity contribution in [3.8, 4) is 23.0 Å². The average Bonchev–Trinajstić information content (AvgIpc) is 2.43. The Morgan fingerprint density at radius 2 is 1.53 bits per heavy atom. The van der Waals surface area contributed by atoms with Gasteiger partial charge in [0.15, 0.2) is 0 Å². The van der Waals surface area contributed by atoms with E-state index in [4.69, 9.17) is 0 Å². The van der Waals surface area contributed by atoms with Crippen molar-refractivity contribution in [2.75, 3.05) is 12.5 Å². The monoisotopic (exact) mass is 272 g/mol. The molecular formula is C18H24S. The van der Waals surface area contributed by atoms with E-state index in [0.29, 0.717) is 0 Å². The van der Waals surface area contributed by atoms with Crippen LogP contribution in [0.25, 0.3) is 0 Å². The molecule has 102 valence electrons. The number of hydrogen-bond donors (Lipinski definition) is 0. The molecule has 0 heterocycles. The van der Waals surface area contributed by atoms with Crippen molar-refractivity contribution in [1.82, 2.24) is 0 Å². The first kappa shape index (κ1) is 15.7. The summed E-state index contributed by atoms with van der Waals surface area (Å²) in [6.45, 7) is 2.20. The molecular weight excluding hydrogens is 248 g/mol. The Bertz CT molecular complexity index is 477. The van der Waals surface area contributed by atoms with Crippen molar-refractivity contribution in [2.24, 2.45) is 0 Å². The molecule has 1 rings (SSSR count).